The van der Waals surface area contributed by atoms with Crippen molar-refractivity contribution in [3.8, 4) is 0 Å². The minimum absolute atomic E-state index is 0.172. The maximum atomic E-state index is 11.0. The Morgan fingerprint density at radius 3 is 2.79 bits per heavy atom. The zero-order chi connectivity index (χ0) is 9.71. The van der Waals surface area contributed by atoms with Crippen molar-refractivity contribution in [3.05, 3.63) is 27.6 Å². The van der Waals surface area contributed by atoms with Crippen LogP contribution in [0.5, 0.6) is 0 Å². The molecule has 2 N–H and O–H groups in total. The van der Waals surface area contributed by atoms with Gasteiger partial charge in [0.25, 0.3) is 0 Å². The van der Waals surface area contributed by atoms with Crippen molar-refractivity contribution in [2.24, 2.45) is 0 Å². The van der Waals surface area contributed by atoms with Crippen LogP contribution in [0.25, 0.3) is 21.3 Å². The average molecular weight is 205 g/mol. The summed E-state index contributed by atoms with van der Waals surface area (Å²) in [6, 6.07) is 3.85. The molecule has 0 atom stereocenters. The van der Waals surface area contributed by atoms with E-state index in [0.29, 0.717) is 0 Å². The number of hydrogen-bond donors (Lipinski definition) is 2. The number of imidazole rings is 1. The number of aryl methyl sites for hydroxylation is 1. The zero-order valence-corrected chi connectivity index (χ0v) is 8.23. The minimum Gasteiger partial charge on any atom is -0.306 e. The molecular weight excluding hydrogens is 198 g/mol. The smallest absolute Gasteiger partial charge is 0.306 e. The molecule has 0 saturated carbocycles. The van der Waals surface area contributed by atoms with Crippen LogP contribution >= 0.6 is 11.3 Å². The van der Waals surface area contributed by atoms with Gasteiger partial charge in [-0.05, 0) is 19.1 Å². The second kappa shape index (κ2) is 2.45. The summed E-state index contributed by atoms with van der Waals surface area (Å²) in [5, 5.41) is 1.04. The first kappa shape index (κ1) is 7.75. The number of aromatic nitrogens is 3. The minimum atomic E-state index is -0.172. The topological polar surface area (TPSA) is 61.5 Å². The van der Waals surface area contributed by atoms with Crippen molar-refractivity contribution in [2.45, 2.75) is 6.92 Å². The van der Waals surface area contributed by atoms with Gasteiger partial charge in [-0.2, -0.15) is 0 Å². The molecule has 3 rings (SSSR count). The molecule has 0 spiro atoms. The maximum absolute atomic E-state index is 11.0. The number of fused-ring (bicyclic) bond motifs is 2. The largest absolute Gasteiger partial charge is 0.323 e. The van der Waals surface area contributed by atoms with E-state index in [9.17, 15) is 4.79 Å². The van der Waals surface area contributed by atoms with Gasteiger partial charge in [0.15, 0.2) is 0 Å². The van der Waals surface area contributed by atoms with E-state index in [4.69, 9.17) is 0 Å². The number of H-pyrrole nitrogens is 2. The van der Waals surface area contributed by atoms with Crippen LogP contribution in [-0.2, 0) is 0 Å². The Bertz CT molecular complexity index is 622. The Kier molecular flexibility index (Phi) is 1.36. The van der Waals surface area contributed by atoms with Crippen LogP contribution in [0.4, 0.5) is 0 Å². The third kappa shape index (κ3) is 0.990. The van der Waals surface area contributed by atoms with Crippen molar-refractivity contribution < 1.29 is 0 Å². The molecule has 0 aliphatic heterocycles. The van der Waals surface area contributed by atoms with Gasteiger partial charge in [-0.1, -0.05) is 0 Å². The van der Waals surface area contributed by atoms with Gasteiger partial charge in [-0.25, -0.2) is 9.78 Å². The summed E-state index contributed by atoms with van der Waals surface area (Å²) in [5.41, 5.74) is 2.42. The Balaban J connectivity index is 2.55. The van der Waals surface area contributed by atoms with Crippen molar-refractivity contribution in [1.82, 2.24) is 15.0 Å². The number of nitrogens with zero attached hydrogens (tertiary/aromatic N) is 1. The average Bonchev–Trinajstić information content (AvgIpc) is 2.59. The van der Waals surface area contributed by atoms with E-state index >= 15 is 0 Å². The SMILES string of the molecule is Cc1nc2cc3[nH]c(=O)[nH]c3cc2s1. The fraction of sp³-hybridized carbons (Fsp3) is 0.111. The molecule has 14 heavy (non-hydrogen) atoms. The lowest BCUT2D eigenvalue weighted by molar-refractivity contribution is 1.22. The van der Waals surface area contributed by atoms with Crippen LogP contribution in [0.1, 0.15) is 5.01 Å². The normalized spacial score (nSPS) is 11.5. The third-order valence-corrected chi connectivity index (χ3v) is 3.06. The quantitative estimate of drug-likeness (QED) is 0.587. The summed E-state index contributed by atoms with van der Waals surface area (Å²) < 4.78 is 1.10. The second-order valence-corrected chi connectivity index (χ2v) is 4.41. The van der Waals surface area contributed by atoms with Gasteiger partial charge >= 0.3 is 5.69 Å². The molecule has 0 fully saturated rings. The van der Waals surface area contributed by atoms with Crippen molar-refractivity contribution in [1.29, 1.82) is 0 Å². The van der Waals surface area contributed by atoms with Crippen LogP contribution in [-0.4, -0.2) is 15.0 Å². The molecule has 2 aromatic heterocycles. The third-order valence-electron chi connectivity index (χ3n) is 2.13. The van der Waals surface area contributed by atoms with Gasteiger partial charge in [0, 0.05) is 0 Å². The highest BCUT2D eigenvalue weighted by Gasteiger charge is 2.04. The molecule has 5 heteroatoms. The van der Waals surface area contributed by atoms with Crippen LogP contribution in [0, 0.1) is 6.92 Å². The summed E-state index contributed by atoms with van der Waals surface area (Å²) in [5.74, 6) is 0. The molecule has 0 aliphatic rings. The Labute approximate surface area is 82.6 Å². The summed E-state index contributed by atoms with van der Waals surface area (Å²) in [7, 11) is 0. The molecule has 0 radical (unpaired) electrons. The second-order valence-electron chi connectivity index (χ2n) is 3.18. The molecule has 0 saturated heterocycles. The van der Waals surface area contributed by atoms with Gasteiger partial charge < -0.3 is 9.97 Å². The fourth-order valence-electron chi connectivity index (χ4n) is 1.57. The molecule has 70 valence electrons. The zero-order valence-electron chi connectivity index (χ0n) is 7.42. The van der Waals surface area contributed by atoms with E-state index in [1.807, 2.05) is 19.1 Å². The first-order chi connectivity index (χ1) is 6.72. The van der Waals surface area contributed by atoms with Gasteiger partial charge in [-0.3, -0.25) is 0 Å². The number of thiazole rings is 1. The molecule has 0 bridgehead atoms. The van der Waals surface area contributed by atoms with Crippen LogP contribution < -0.4 is 5.69 Å². The monoisotopic (exact) mass is 205 g/mol. The van der Waals surface area contributed by atoms with E-state index in [2.05, 4.69) is 15.0 Å². The Morgan fingerprint density at radius 1 is 1.29 bits per heavy atom. The van der Waals surface area contributed by atoms with Crippen LogP contribution in [0.15, 0.2) is 16.9 Å². The predicted molar refractivity (Wildman–Crippen MR) is 56.8 cm³/mol. The van der Waals surface area contributed by atoms with Gasteiger partial charge in [-0.15, -0.1) is 11.3 Å². The van der Waals surface area contributed by atoms with Crippen LogP contribution in [0.2, 0.25) is 0 Å². The number of hydrogen-bond acceptors (Lipinski definition) is 3. The lowest BCUT2D eigenvalue weighted by Crippen LogP contribution is -1.99. The Hall–Kier alpha value is -1.62. The van der Waals surface area contributed by atoms with E-state index in [1.165, 1.54) is 0 Å². The number of rotatable bonds is 0. The fourth-order valence-corrected chi connectivity index (χ4v) is 2.42. The van der Waals surface area contributed by atoms with E-state index in [1.54, 1.807) is 11.3 Å². The summed E-state index contributed by atoms with van der Waals surface area (Å²) >= 11 is 1.63. The highest BCUT2D eigenvalue weighted by molar-refractivity contribution is 7.18. The van der Waals surface area contributed by atoms with Gasteiger partial charge in [0.1, 0.15) is 0 Å². The number of nitrogens with one attached hydrogen (secondary N) is 2. The van der Waals surface area contributed by atoms with E-state index in [0.717, 1.165) is 26.3 Å². The molecule has 0 aliphatic carbocycles. The number of benzene rings is 1. The summed E-state index contributed by atoms with van der Waals surface area (Å²) in [4.78, 5) is 20.8. The van der Waals surface area contributed by atoms with E-state index in [-0.39, 0.29) is 5.69 Å². The summed E-state index contributed by atoms with van der Waals surface area (Å²) in [6.07, 6.45) is 0. The summed E-state index contributed by atoms with van der Waals surface area (Å²) in [6.45, 7) is 1.97. The lowest BCUT2D eigenvalue weighted by Gasteiger charge is -1.87. The molecule has 0 unspecified atom stereocenters. The van der Waals surface area contributed by atoms with Crippen molar-refractivity contribution in [3.63, 3.8) is 0 Å². The first-order valence-electron chi connectivity index (χ1n) is 4.21. The maximum Gasteiger partial charge on any atom is 0.323 e. The standard InChI is InChI=1S/C9H7N3OS/c1-4-10-7-2-5-6(3-8(7)14-4)12-9(13)11-5/h2-3H,1H3,(H2,11,12,13). The number of aromatic amines is 2. The van der Waals surface area contributed by atoms with Gasteiger partial charge in [0.2, 0.25) is 0 Å². The molecular formula is C9H7N3OS. The Morgan fingerprint density at radius 2 is 2.00 bits per heavy atom. The molecule has 1 aromatic carbocycles. The highest BCUT2D eigenvalue weighted by Crippen LogP contribution is 2.24. The molecule has 4 nitrogen and oxygen atoms in total. The molecule has 0 amide bonds. The van der Waals surface area contributed by atoms with Crippen LogP contribution in [0.3, 0.4) is 0 Å². The van der Waals surface area contributed by atoms with E-state index < -0.39 is 0 Å². The first-order valence-corrected chi connectivity index (χ1v) is 5.03. The molecule has 2 heterocycles. The van der Waals surface area contributed by atoms with Crippen molar-refractivity contribution >= 4 is 32.6 Å². The predicted octanol–water partition coefficient (Wildman–Crippen LogP) is 1.77. The van der Waals surface area contributed by atoms with Gasteiger partial charge in [0.05, 0.1) is 26.3 Å². The van der Waals surface area contributed by atoms with Crippen molar-refractivity contribution in [2.75, 3.05) is 0 Å². The lowest BCUT2D eigenvalue weighted by atomic mass is 10.3. The molecule has 3 aromatic rings. The highest BCUT2D eigenvalue weighted by atomic mass is 32.1.